The number of methoxy groups -OCH3 is 1. The Morgan fingerprint density at radius 1 is 1.10 bits per heavy atom. The lowest BCUT2D eigenvalue weighted by molar-refractivity contribution is -0.139. The predicted molar refractivity (Wildman–Crippen MR) is 141 cm³/mol. The van der Waals surface area contributed by atoms with Crippen LogP contribution < -0.4 is 20.3 Å². The van der Waals surface area contributed by atoms with Gasteiger partial charge < -0.3 is 10.1 Å². The minimum Gasteiger partial charge on any atom is -0.480 e. The zero-order chi connectivity index (χ0) is 29.2. The second kappa shape index (κ2) is 11.0. The summed E-state index contributed by atoms with van der Waals surface area (Å²) in [5, 5.41) is 2.76. The summed E-state index contributed by atoms with van der Waals surface area (Å²) in [6.45, 7) is 1.77. The van der Waals surface area contributed by atoms with Crippen LogP contribution in [-0.4, -0.2) is 43.0 Å². The van der Waals surface area contributed by atoms with Gasteiger partial charge in [0.1, 0.15) is 5.69 Å². The second-order valence-electron chi connectivity index (χ2n) is 8.83. The van der Waals surface area contributed by atoms with Gasteiger partial charge in [0.25, 0.3) is 15.6 Å². The van der Waals surface area contributed by atoms with Gasteiger partial charge in [-0.3, -0.25) is 18.9 Å². The van der Waals surface area contributed by atoms with Gasteiger partial charge >= 0.3 is 6.18 Å². The molecule has 0 aliphatic carbocycles. The second-order valence-corrected chi connectivity index (χ2v) is 10.5. The number of nitrogens with zero attached hydrogens (tertiary/aromatic N) is 3. The van der Waals surface area contributed by atoms with E-state index in [1.165, 1.54) is 49.4 Å². The maximum Gasteiger partial charge on any atom is 0.417 e. The quantitative estimate of drug-likeness (QED) is 0.328. The Kier molecular flexibility index (Phi) is 7.82. The van der Waals surface area contributed by atoms with E-state index in [0.29, 0.717) is 22.7 Å². The van der Waals surface area contributed by atoms with Crippen molar-refractivity contribution in [3.8, 4) is 17.0 Å². The van der Waals surface area contributed by atoms with Crippen LogP contribution in [-0.2, 0) is 27.5 Å². The summed E-state index contributed by atoms with van der Waals surface area (Å²) in [5.41, 5.74) is -0.736. The Balaban J connectivity index is 1.75. The van der Waals surface area contributed by atoms with E-state index in [-0.39, 0.29) is 29.4 Å². The lowest BCUT2D eigenvalue weighted by Gasteiger charge is -2.16. The van der Waals surface area contributed by atoms with Crippen molar-refractivity contribution in [2.75, 3.05) is 18.9 Å². The Labute approximate surface area is 226 Å². The van der Waals surface area contributed by atoms with Gasteiger partial charge in [-0.1, -0.05) is 25.1 Å². The van der Waals surface area contributed by atoms with Crippen molar-refractivity contribution in [2.24, 2.45) is 5.92 Å². The molecule has 4 rings (SSSR count). The Hall–Kier alpha value is -4.46. The number of carbonyl (C=O) groups excluding carboxylic acids is 1. The molecule has 40 heavy (non-hydrogen) atoms. The number of anilines is 1. The van der Waals surface area contributed by atoms with Crippen LogP contribution in [0.4, 0.5) is 18.9 Å². The minimum absolute atomic E-state index is 0.0983. The number of fused-ring (bicyclic) bond motifs is 1. The van der Waals surface area contributed by atoms with Crippen molar-refractivity contribution in [1.82, 2.24) is 19.9 Å². The van der Waals surface area contributed by atoms with E-state index in [1.54, 1.807) is 19.1 Å². The van der Waals surface area contributed by atoms with E-state index in [9.17, 15) is 31.2 Å². The van der Waals surface area contributed by atoms with Gasteiger partial charge in [0, 0.05) is 25.4 Å². The average molecular weight is 576 g/mol. The van der Waals surface area contributed by atoms with Crippen LogP contribution in [0.15, 0.2) is 70.7 Å². The van der Waals surface area contributed by atoms with Gasteiger partial charge in [0.15, 0.2) is 0 Å². The van der Waals surface area contributed by atoms with Gasteiger partial charge in [-0.05, 0) is 35.9 Å². The number of sulfonamides is 1. The first kappa shape index (κ1) is 28.5. The van der Waals surface area contributed by atoms with E-state index < -0.39 is 38.1 Å². The number of hydrogen-bond acceptors (Lipinski definition) is 7. The number of rotatable bonds is 8. The standard InChI is InChI=1S/C26H24F3N5O5S/c1-15(23(35)30-2)13-34-14-32-20-9-8-16(10-18(20)25(34)36)17-11-21(24(39-3)31-12-17)33-40(37,38)22-7-5-4-6-19(22)26(27,28)29/h4-12,14-15,33H,13H2,1-3H3,(H,30,35)/t15-/m0/s1. The van der Waals surface area contributed by atoms with E-state index in [0.717, 1.165) is 12.1 Å². The number of pyridine rings is 1. The lowest BCUT2D eigenvalue weighted by Crippen LogP contribution is -2.32. The molecule has 0 radical (unpaired) electrons. The Morgan fingerprint density at radius 3 is 2.50 bits per heavy atom. The van der Waals surface area contributed by atoms with Crippen molar-refractivity contribution in [3.63, 3.8) is 0 Å². The molecule has 14 heteroatoms. The van der Waals surface area contributed by atoms with Crippen LogP contribution in [0.3, 0.4) is 0 Å². The molecule has 0 bridgehead atoms. The molecule has 4 aromatic rings. The number of amides is 1. The Bertz CT molecular complexity index is 1760. The zero-order valence-corrected chi connectivity index (χ0v) is 22.3. The van der Waals surface area contributed by atoms with E-state index in [2.05, 4.69) is 20.0 Å². The molecule has 1 amide bonds. The molecule has 0 fully saturated rings. The van der Waals surface area contributed by atoms with Crippen LogP contribution in [0.5, 0.6) is 5.88 Å². The molecule has 210 valence electrons. The SMILES string of the molecule is CNC(=O)[C@@H](C)Cn1cnc2ccc(-c3cnc(OC)c(NS(=O)(=O)c4ccccc4C(F)(F)F)c3)cc2c1=O. The number of benzene rings is 2. The fourth-order valence-electron chi connectivity index (χ4n) is 4.07. The van der Waals surface area contributed by atoms with Crippen molar-refractivity contribution in [3.05, 3.63) is 77.0 Å². The molecule has 1 atom stereocenters. The van der Waals surface area contributed by atoms with Crippen molar-refractivity contribution >= 4 is 32.5 Å². The molecule has 0 aliphatic rings. The van der Waals surface area contributed by atoms with Crippen molar-refractivity contribution < 1.29 is 31.1 Å². The first-order chi connectivity index (χ1) is 18.9. The first-order valence-corrected chi connectivity index (χ1v) is 13.3. The van der Waals surface area contributed by atoms with Crippen LogP contribution in [0.1, 0.15) is 12.5 Å². The molecule has 2 heterocycles. The monoisotopic (exact) mass is 575 g/mol. The van der Waals surface area contributed by atoms with Gasteiger partial charge in [0.2, 0.25) is 11.8 Å². The summed E-state index contributed by atoms with van der Waals surface area (Å²) in [4.78, 5) is 32.5. The van der Waals surface area contributed by atoms with Crippen LogP contribution in [0, 0.1) is 5.92 Å². The molecule has 0 aliphatic heterocycles. The molecule has 0 unspecified atom stereocenters. The maximum atomic E-state index is 13.5. The number of alkyl halides is 3. The molecule has 0 spiro atoms. The zero-order valence-electron chi connectivity index (χ0n) is 21.5. The summed E-state index contributed by atoms with van der Waals surface area (Å²) < 4.78 is 75.1. The number of ether oxygens (including phenoxy) is 1. The summed E-state index contributed by atoms with van der Waals surface area (Å²) >= 11 is 0. The lowest BCUT2D eigenvalue weighted by atomic mass is 10.0. The average Bonchev–Trinajstić information content (AvgIpc) is 2.93. The fourth-order valence-corrected chi connectivity index (χ4v) is 5.35. The molecule has 2 N–H and O–H groups in total. The van der Waals surface area contributed by atoms with Gasteiger partial charge in [-0.25, -0.2) is 18.4 Å². The number of nitrogens with one attached hydrogen (secondary N) is 2. The van der Waals surface area contributed by atoms with Crippen LogP contribution in [0.2, 0.25) is 0 Å². The number of carbonyl (C=O) groups is 1. The molecule has 2 aromatic carbocycles. The highest BCUT2D eigenvalue weighted by molar-refractivity contribution is 7.92. The summed E-state index contributed by atoms with van der Waals surface area (Å²) in [5.74, 6) is -0.906. The third kappa shape index (κ3) is 5.76. The highest BCUT2D eigenvalue weighted by Crippen LogP contribution is 2.36. The smallest absolute Gasteiger partial charge is 0.417 e. The summed E-state index contributed by atoms with van der Waals surface area (Å²) in [6.07, 6.45) is -2.19. The highest BCUT2D eigenvalue weighted by Gasteiger charge is 2.37. The molecule has 10 nitrogen and oxygen atoms in total. The Morgan fingerprint density at radius 2 is 1.82 bits per heavy atom. The normalized spacial score (nSPS) is 12.7. The summed E-state index contributed by atoms with van der Waals surface area (Å²) in [7, 11) is -1.98. The third-order valence-corrected chi connectivity index (χ3v) is 7.52. The van der Waals surface area contributed by atoms with E-state index in [1.807, 2.05) is 0 Å². The van der Waals surface area contributed by atoms with E-state index >= 15 is 0 Å². The fraction of sp³-hybridized carbons (Fsp3) is 0.231. The molecular weight excluding hydrogens is 551 g/mol. The van der Waals surface area contributed by atoms with Crippen LogP contribution >= 0.6 is 0 Å². The van der Waals surface area contributed by atoms with E-state index in [4.69, 9.17) is 4.74 Å². The third-order valence-electron chi connectivity index (χ3n) is 6.09. The molecular formula is C26H24F3N5O5S. The minimum atomic E-state index is -4.90. The number of aromatic nitrogens is 3. The number of hydrogen-bond donors (Lipinski definition) is 2. The van der Waals surface area contributed by atoms with Gasteiger partial charge in [0.05, 0.1) is 40.7 Å². The molecule has 0 saturated carbocycles. The maximum absolute atomic E-state index is 13.5. The summed E-state index contributed by atoms with van der Waals surface area (Å²) in [6, 6.07) is 9.88. The van der Waals surface area contributed by atoms with Crippen molar-refractivity contribution in [2.45, 2.75) is 24.5 Å². The van der Waals surface area contributed by atoms with Crippen molar-refractivity contribution in [1.29, 1.82) is 0 Å². The largest absolute Gasteiger partial charge is 0.480 e. The molecule has 2 aromatic heterocycles. The number of halogens is 3. The molecule has 0 saturated heterocycles. The van der Waals surface area contributed by atoms with Gasteiger partial charge in [-0.15, -0.1) is 0 Å². The van der Waals surface area contributed by atoms with Gasteiger partial charge in [-0.2, -0.15) is 13.2 Å². The predicted octanol–water partition coefficient (Wildman–Crippen LogP) is 3.67. The topological polar surface area (TPSA) is 132 Å². The highest BCUT2D eigenvalue weighted by atomic mass is 32.2. The first-order valence-electron chi connectivity index (χ1n) is 11.8. The van der Waals surface area contributed by atoms with Crippen LogP contribution in [0.25, 0.3) is 22.0 Å².